The molecule has 8 nitrogen and oxygen atoms in total. The van der Waals surface area contributed by atoms with Crippen LogP contribution in [0.3, 0.4) is 0 Å². The molecule has 1 saturated heterocycles. The fraction of sp³-hybridized carbons (Fsp3) is 0.348. The Labute approximate surface area is 180 Å². The third kappa shape index (κ3) is 5.03. The largest absolute Gasteiger partial charge is 0.482 e. The number of rotatable bonds is 5. The van der Waals surface area contributed by atoms with Crippen LogP contribution in [0.1, 0.15) is 22.8 Å². The monoisotopic (exact) mass is 423 g/mol. The lowest BCUT2D eigenvalue weighted by Crippen LogP contribution is -2.51. The molecule has 0 spiro atoms. The molecule has 31 heavy (non-hydrogen) atoms. The highest BCUT2D eigenvalue weighted by molar-refractivity contribution is 5.98. The Morgan fingerprint density at radius 1 is 1.10 bits per heavy atom. The lowest BCUT2D eigenvalue weighted by atomic mass is 10.1. The number of benzene rings is 2. The maximum Gasteiger partial charge on any atom is 0.339 e. The number of esters is 1. The Balaban J connectivity index is 1.29. The van der Waals surface area contributed by atoms with Crippen molar-refractivity contribution in [2.24, 2.45) is 0 Å². The molecule has 1 N–H and O–H groups in total. The quantitative estimate of drug-likeness (QED) is 0.740. The highest BCUT2D eigenvalue weighted by Crippen LogP contribution is 2.29. The number of anilines is 1. The highest BCUT2D eigenvalue weighted by Gasteiger charge is 2.28. The highest BCUT2D eigenvalue weighted by atomic mass is 16.5. The number of carbonyl (C=O) groups excluding carboxylic acids is 3. The summed E-state index contributed by atoms with van der Waals surface area (Å²) < 4.78 is 10.7. The van der Waals surface area contributed by atoms with Crippen LogP contribution in [-0.4, -0.2) is 66.5 Å². The summed E-state index contributed by atoms with van der Waals surface area (Å²) in [6.07, 6.45) is -0.884. The first kappa shape index (κ1) is 20.9. The van der Waals surface area contributed by atoms with Crippen LogP contribution >= 0.6 is 0 Å². The van der Waals surface area contributed by atoms with Crippen molar-refractivity contribution in [1.29, 1.82) is 0 Å². The molecule has 1 unspecified atom stereocenters. The molecule has 1 atom stereocenters. The van der Waals surface area contributed by atoms with Gasteiger partial charge in [-0.3, -0.25) is 14.5 Å². The van der Waals surface area contributed by atoms with E-state index in [0.29, 0.717) is 24.5 Å². The number of hydrogen-bond acceptors (Lipinski definition) is 6. The van der Waals surface area contributed by atoms with Crippen molar-refractivity contribution in [2.75, 3.05) is 38.1 Å². The van der Waals surface area contributed by atoms with E-state index in [9.17, 15) is 14.4 Å². The first-order valence-corrected chi connectivity index (χ1v) is 10.3. The second-order valence-corrected chi connectivity index (χ2v) is 7.68. The molecule has 0 bridgehead atoms. The maximum atomic E-state index is 12.8. The van der Waals surface area contributed by atoms with Crippen LogP contribution in [0.15, 0.2) is 48.5 Å². The molecule has 2 aromatic rings. The number of nitrogens with one attached hydrogen (secondary N) is 1. The Kier molecular flexibility index (Phi) is 6.18. The predicted molar refractivity (Wildman–Crippen MR) is 114 cm³/mol. The van der Waals surface area contributed by atoms with Crippen LogP contribution in [0.4, 0.5) is 5.69 Å². The maximum absolute atomic E-state index is 12.8. The van der Waals surface area contributed by atoms with E-state index in [2.05, 4.69) is 22.3 Å². The van der Waals surface area contributed by atoms with Gasteiger partial charge in [-0.15, -0.1) is 0 Å². The van der Waals surface area contributed by atoms with Gasteiger partial charge in [0.1, 0.15) is 5.75 Å². The van der Waals surface area contributed by atoms with E-state index < -0.39 is 12.1 Å². The van der Waals surface area contributed by atoms with Gasteiger partial charge < -0.3 is 19.7 Å². The van der Waals surface area contributed by atoms with Crippen LogP contribution in [-0.2, 0) is 20.9 Å². The van der Waals surface area contributed by atoms with E-state index in [0.717, 1.165) is 19.6 Å². The van der Waals surface area contributed by atoms with Crippen LogP contribution in [0.25, 0.3) is 0 Å². The molecule has 0 saturated carbocycles. The molecule has 162 valence electrons. The normalized spacial score (nSPS) is 17.2. The van der Waals surface area contributed by atoms with Gasteiger partial charge in [0.15, 0.2) is 12.7 Å². The number of fused-ring (bicyclic) bond motifs is 1. The number of piperazine rings is 1. The molecule has 0 radical (unpaired) electrons. The number of amides is 2. The summed E-state index contributed by atoms with van der Waals surface area (Å²) >= 11 is 0. The van der Waals surface area contributed by atoms with Crippen molar-refractivity contribution in [3.8, 4) is 5.75 Å². The van der Waals surface area contributed by atoms with Gasteiger partial charge in [-0.25, -0.2) is 4.79 Å². The Morgan fingerprint density at radius 3 is 2.58 bits per heavy atom. The topological polar surface area (TPSA) is 88.2 Å². The van der Waals surface area contributed by atoms with Crippen LogP contribution < -0.4 is 10.1 Å². The molecule has 1 fully saturated rings. The zero-order valence-electron chi connectivity index (χ0n) is 17.4. The van der Waals surface area contributed by atoms with Gasteiger partial charge in [0.2, 0.25) is 0 Å². The summed E-state index contributed by atoms with van der Waals surface area (Å²) in [6, 6.07) is 14.9. The van der Waals surface area contributed by atoms with Gasteiger partial charge in [0, 0.05) is 32.7 Å². The zero-order valence-corrected chi connectivity index (χ0v) is 17.4. The van der Waals surface area contributed by atoms with Gasteiger partial charge >= 0.3 is 5.97 Å². The van der Waals surface area contributed by atoms with E-state index in [1.165, 1.54) is 17.7 Å². The molecule has 0 aromatic heterocycles. The molecule has 2 heterocycles. The molecule has 8 heteroatoms. The molecular formula is C23H25N3O5. The number of carbonyl (C=O) groups is 3. The van der Waals surface area contributed by atoms with Crippen molar-refractivity contribution in [3.63, 3.8) is 0 Å². The van der Waals surface area contributed by atoms with Gasteiger partial charge in [-0.05, 0) is 30.7 Å². The van der Waals surface area contributed by atoms with Crippen molar-refractivity contribution < 1.29 is 23.9 Å². The van der Waals surface area contributed by atoms with Gasteiger partial charge in [-0.2, -0.15) is 0 Å². The van der Waals surface area contributed by atoms with E-state index in [4.69, 9.17) is 9.47 Å². The molecule has 2 aliphatic heterocycles. The summed E-state index contributed by atoms with van der Waals surface area (Å²) in [5, 5.41) is 2.67. The van der Waals surface area contributed by atoms with E-state index in [1.54, 1.807) is 17.9 Å². The number of hydrogen-bond donors (Lipinski definition) is 1. The fourth-order valence-electron chi connectivity index (χ4n) is 3.71. The van der Waals surface area contributed by atoms with Gasteiger partial charge in [0.05, 0.1) is 11.3 Å². The molecule has 0 aliphatic carbocycles. The molecular weight excluding hydrogens is 398 g/mol. The minimum atomic E-state index is -0.884. The summed E-state index contributed by atoms with van der Waals surface area (Å²) in [5.74, 6) is -0.644. The fourth-order valence-corrected chi connectivity index (χ4v) is 3.71. The first-order valence-electron chi connectivity index (χ1n) is 10.3. The lowest BCUT2D eigenvalue weighted by molar-refractivity contribution is -0.141. The summed E-state index contributed by atoms with van der Waals surface area (Å²) in [7, 11) is 0. The first-order chi connectivity index (χ1) is 15.0. The van der Waals surface area contributed by atoms with Crippen molar-refractivity contribution in [3.05, 3.63) is 59.7 Å². The van der Waals surface area contributed by atoms with Gasteiger partial charge in [0.25, 0.3) is 11.8 Å². The molecule has 4 rings (SSSR count). The molecule has 2 aliphatic rings. The standard InChI is InChI=1S/C23H25N3O5/c1-16(31-23(29)18-7-8-19-20(13-18)30-15-21(27)24-19)22(28)26-11-9-25(10-12-26)14-17-5-3-2-4-6-17/h2-8,13,16H,9-12,14-15H2,1H3,(H,24,27). The lowest BCUT2D eigenvalue weighted by Gasteiger charge is -2.35. The predicted octanol–water partition coefficient (Wildman–Crippen LogP) is 1.91. The third-order valence-corrected chi connectivity index (χ3v) is 5.41. The van der Waals surface area contributed by atoms with Gasteiger partial charge in [-0.1, -0.05) is 30.3 Å². The van der Waals surface area contributed by atoms with Crippen LogP contribution in [0, 0.1) is 0 Å². The van der Waals surface area contributed by atoms with E-state index >= 15 is 0 Å². The summed E-state index contributed by atoms with van der Waals surface area (Å²) in [4.78, 5) is 40.7. The molecule has 2 amide bonds. The second kappa shape index (κ2) is 9.18. The van der Waals surface area contributed by atoms with E-state index in [1.807, 2.05) is 18.2 Å². The third-order valence-electron chi connectivity index (χ3n) is 5.41. The molecule has 2 aromatic carbocycles. The Morgan fingerprint density at radius 2 is 1.84 bits per heavy atom. The summed E-state index contributed by atoms with van der Waals surface area (Å²) in [5.41, 5.74) is 2.02. The average Bonchev–Trinajstić information content (AvgIpc) is 2.79. The SMILES string of the molecule is CC(OC(=O)c1ccc2c(c1)OCC(=O)N2)C(=O)N1CCN(Cc2ccccc2)CC1. The smallest absolute Gasteiger partial charge is 0.339 e. The minimum absolute atomic E-state index is 0.101. The van der Waals surface area contributed by atoms with Crippen molar-refractivity contribution in [1.82, 2.24) is 9.80 Å². The van der Waals surface area contributed by atoms with Crippen LogP contribution in [0.5, 0.6) is 5.75 Å². The second-order valence-electron chi connectivity index (χ2n) is 7.68. The van der Waals surface area contributed by atoms with Crippen molar-refractivity contribution in [2.45, 2.75) is 19.6 Å². The zero-order chi connectivity index (χ0) is 21.8. The number of ether oxygens (including phenoxy) is 2. The minimum Gasteiger partial charge on any atom is -0.482 e. The van der Waals surface area contributed by atoms with Crippen molar-refractivity contribution >= 4 is 23.5 Å². The average molecular weight is 423 g/mol. The Hall–Kier alpha value is -3.39. The Bertz CT molecular complexity index is 970. The van der Waals surface area contributed by atoms with Crippen LogP contribution in [0.2, 0.25) is 0 Å². The number of nitrogens with zero attached hydrogens (tertiary/aromatic N) is 2. The summed E-state index contributed by atoms with van der Waals surface area (Å²) in [6.45, 7) is 5.08. The van der Waals surface area contributed by atoms with E-state index in [-0.39, 0.29) is 24.0 Å².